The van der Waals surface area contributed by atoms with Crippen molar-refractivity contribution >= 4 is 0 Å². The van der Waals surface area contributed by atoms with Crippen molar-refractivity contribution in [1.82, 2.24) is 4.90 Å². The maximum atomic E-state index is 14.0. The second-order valence-corrected chi connectivity index (χ2v) is 6.96. The van der Waals surface area contributed by atoms with Gasteiger partial charge in [0.2, 0.25) is 0 Å². The van der Waals surface area contributed by atoms with E-state index in [2.05, 4.69) is 18.7 Å². The molecular weight excluding hydrogens is 270 g/mol. The van der Waals surface area contributed by atoms with Gasteiger partial charge < -0.3 is 5.73 Å². The van der Waals surface area contributed by atoms with Crippen LogP contribution in [-0.2, 0) is 0 Å². The lowest BCUT2D eigenvalue weighted by Crippen LogP contribution is -2.42. The Balaban J connectivity index is 2.16. The molecule has 0 heterocycles. The van der Waals surface area contributed by atoms with E-state index in [1.165, 1.54) is 0 Å². The van der Waals surface area contributed by atoms with E-state index < -0.39 is 11.6 Å². The second-order valence-electron chi connectivity index (χ2n) is 6.96. The molecule has 1 atom stereocenters. The maximum Gasteiger partial charge on any atom is 0.163 e. The van der Waals surface area contributed by atoms with E-state index >= 15 is 0 Å². The molecule has 2 rings (SSSR count). The number of likely N-dealkylation sites (N-methyl/N-ethyl adjacent to an activating group) is 1. The fourth-order valence-electron chi connectivity index (χ4n) is 3.34. The zero-order valence-electron chi connectivity index (χ0n) is 13.2. The smallest absolute Gasteiger partial charge is 0.163 e. The van der Waals surface area contributed by atoms with E-state index in [1.807, 2.05) is 7.05 Å². The van der Waals surface area contributed by atoms with Crippen molar-refractivity contribution in [3.8, 4) is 0 Å². The first-order chi connectivity index (χ1) is 9.85. The summed E-state index contributed by atoms with van der Waals surface area (Å²) in [4.78, 5) is 2.13. The fourth-order valence-corrected chi connectivity index (χ4v) is 3.34. The van der Waals surface area contributed by atoms with E-state index in [0.717, 1.165) is 31.7 Å². The predicted molar refractivity (Wildman–Crippen MR) is 82.0 cm³/mol. The highest BCUT2D eigenvalue weighted by Crippen LogP contribution is 2.38. The molecule has 0 radical (unpaired) electrons. The van der Waals surface area contributed by atoms with Gasteiger partial charge in [-0.3, -0.25) is 4.90 Å². The number of hydrogen-bond acceptors (Lipinski definition) is 2. The Bertz CT molecular complexity index is 478. The number of nitrogens with two attached hydrogens (primary N) is 1. The first-order valence-corrected chi connectivity index (χ1v) is 7.71. The van der Waals surface area contributed by atoms with Gasteiger partial charge in [-0.1, -0.05) is 26.0 Å². The quantitative estimate of drug-likeness (QED) is 0.914. The van der Waals surface area contributed by atoms with E-state index in [4.69, 9.17) is 5.73 Å². The third kappa shape index (κ3) is 3.61. The van der Waals surface area contributed by atoms with Gasteiger partial charge >= 0.3 is 0 Å². The van der Waals surface area contributed by atoms with Gasteiger partial charge in [-0.15, -0.1) is 0 Å². The Morgan fingerprint density at radius 1 is 1.29 bits per heavy atom. The Morgan fingerprint density at radius 3 is 2.48 bits per heavy atom. The molecule has 1 aromatic carbocycles. The number of halogens is 2. The lowest BCUT2D eigenvalue weighted by atomic mass is 9.75. The van der Waals surface area contributed by atoms with Gasteiger partial charge in [-0.25, -0.2) is 8.78 Å². The molecule has 1 fully saturated rings. The van der Waals surface area contributed by atoms with E-state index in [1.54, 1.807) is 12.1 Å². The number of nitrogens with zero attached hydrogens (tertiary/aromatic N) is 1. The molecule has 0 spiro atoms. The molecule has 1 aliphatic rings. The molecule has 1 aliphatic carbocycles. The Morgan fingerprint density at radius 2 is 1.90 bits per heavy atom. The summed E-state index contributed by atoms with van der Waals surface area (Å²) in [5.74, 6) is -1.57. The average molecular weight is 296 g/mol. The summed E-state index contributed by atoms with van der Waals surface area (Å²) in [6, 6.07) is 4.45. The molecule has 4 heteroatoms. The van der Waals surface area contributed by atoms with Crippen LogP contribution >= 0.6 is 0 Å². The molecular formula is C17H26F2N2. The normalized spacial score (nSPS) is 20.7. The summed E-state index contributed by atoms with van der Waals surface area (Å²) in [5, 5.41) is 0. The molecule has 2 N–H and O–H groups in total. The predicted octanol–water partition coefficient (Wildman–Crippen LogP) is 3.87. The zero-order chi connectivity index (χ0) is 15.6. The second kappa shape index (κ2) is 6.41. The Labute approximate surface area is 126 Å². The van der Waals surface area contributed by atoms with Crippen molar-refractivity contribution in [3.05, 3.63) is 35.4 Å². The molecule has 21 heavy (non-hydrogen) atoms. The molecule has 1 aromatic rings. The van der Waals surface area contributed by atoms with Crippen LogP contribution in [0.25, 0.3) is 0 Å². The van der Waals surface area contributed by atoms with Gasteiger partial charge in [-0.2, -0.15) is 0 Å². The van der Waals surface area contributed by atoms with Crippen LogP contribution in [0.1, 0.15) is 51.1 Å². The highest BCUT2D eigenvalue weighted by molar-refractivity contribution is 5.23. The molecule has 1 unspecified atom stereocenters. The van der Waals surface area contributed by atoms with Crippen LogP contribution in [0, 0.1) is 17.0 Å². The standard InChI is InChI=1S/C17H26F2N2/c1-17(2)9-7-12(8-10-17)21(3)15(11-20)13-5-4-6-14(18)16(13)19/h4-6,12,15H,7-11,20H2,1-3H3. The summed E-state index contributed by atoms with van der Waals surface area (Å²) in [7, 11) is 1.98. The van der Waals surface area contributed by atoms with Crippen LogP contribution in [0.5, 0.6) is 0 Å². The Hall–Kier alpha value is -1.00. The molecule has 1 saturated carbocycles. The molecule has 0 saturated heterocycles. The third-order valence-corrected chi connectivity index (χ3v) is 4.94. The molecule has 0 amide bonds. The summed E-state index contributed by atoms with van der Waals surface area (Å²) in [5.41, 5.74) is 6.61. The minimum Gasteiger partial charge on any atom is -0.329 e. The first-order valence-electron chi connectivity index (χ1n) is 7.71. The van der Waals surface area contributed by atoms with Crippen LogP contribution in [0.3, 0.4) is 0 Å². The lowest BCUT2D eigenvalue weighted by Gasteiger charge is -2.41. The van der Waals surface area contributed by atoms with Crippen LogP contribution in [0.2, 0.25) is 0 Å². The molecule has 0 bridgehead atoms. The van der Waals surface area contributed by atoms with Crippen LogP contribution in [-0.4, -0.2) is 24.5 Å². The zero-order valence-corrected chi connectivity index (χ0v) is 13.2. The summed E-state index contributed by atoms with van der Waals surface area (Å²) >= 11 is 0. The van der Waals surface area contributed by atoms with Gasteiger partial charge in [0.05, 0.1) is 0 Å². The average Bonchev–Trinajstić information content (AvgIpc) is 2.44. The van der Waals surface area contributed by atoms with Crippen molar-refractivity contribution in [2.45, 2.75) is 51.6 Å². The topological polar surface area (TPSA) is 29.3 Å². The van der Waals surface area contributed by atoms with E-state index in [0.29, 0.717) is 17.0 Å². The molecule has 0 aliphatic heterocycles. The van der Waals surface area contributed by atoms with Crippen LogP contribution in [0.4, 0.5) is 8.78 Å². The molecule has 118 valence electrons. The summed E-state index contributed by atoms with van der Waals surface area (Å²) in [6.07, 6.45) is 4.48. The number of benzene rings is 1. The van der Waals surface area contributed by atoms with Crippen molar-refractivity contribution in [2.75, 3.05) is 13.6 Å². The number of rotatable bonds is 4. The van der Waals surface area contributed by atoms with Crippen molar-refractivity contribution in [3.63, 3.8) is 0 Å². The minimum absolute atomic E-state index is 0.271. The van der Waals surface area contributed by atoms with Gasteiger partial charge in [0.15, 0.2) is 11.6 Å². The lowest BCUT2D eigenvalue weighted by molar-refractivity contribution is 0.0950. The van der Waals surface area contributed by atoms with Gasteiger partial charge in [0, 0.05) is 24.2 Å². The fraction of sp³-hybridized carbons (Fsp3) is 0.647. The van der Waals surface area contributed by atoms with Gasteiger partial charge in [-0.05, 0) is 44.2 Å². The van der Waals surface area contributed by atoms with Crippen molar-refractivity contribution in [2.24, 2.45) is 11.1 Å². The van der Waals surface area contributed by atoms with Gasteiger partial charge in [0.1, 0.15) is 0 Å². The van der Waals surface area contributed by atoms with Crippen molar-refractivity contribution in [1.29, 1.82) is 0 Å². The van der Waals surface area contributed by atoms with Crippen LogP contribution < -0.4 is 5.73 Å². The van der Waals surface area contributed by atoms with Crippen LogP contribution in [0.15, 0.2) is 18.2 Å². The molecule has 0 aromatic heterocycles. The maximum absolute atomic E-state index is 14.0. The summed E-state index contributed by atoms with van der Waals surface area (Å²) in [6.45, 7) is 4.86. The summed E-state index contributed by atoms with van der Waals surface area (Å²) < 4.78 is 27.5. The highest BCUT2D eigenvalue weighted by atomic mass is 19.2. The first kappa shape index (κ1) is 16.4. The van der Waals surface area contributed by atoms with Gasteiger partial charge in [0.25, 0.3) is 0 Å². The number of hydrogen-bond donors (Lipinski definition) is 1. The molecule has 2 nitrogen and oxygen atoms in total. The Kier molecular flexibility index (Phi) is 4.99. The van der Waals surface area contributed by atoms with E-state index in [-0.39, 0.29) is 12.6 Å². The monoisotopic (exact) mass is 296 g/mol. The SMILES string of the molecule is CN(C1CCC(C)(C)CC1)C(CN)c1cccc(F)c1F. The van der Waals surface area contributed by atoms with E-state index in [9.17, 15) is 8.78 Å². The highest BCUT2D eigenvalue weighted by Gasteiger charge is 2.32. The minimum atomic E-state index is -0.802. The van der Waals surface area contributed by atoms with Crippen molar-refractivity contribution < 1.29 is 8.78 Å². The largest absolute Gasteiger partial charge is 0.329 e. The third-order valence-electron chi connectivity index (χ3n) is 4.94.